The molecule has 0 radical (unpaired) electrons. The van der Waals surface area contributed by atoms with Crippen LogP contribution in [0.15, 0.2) is 40.9 Å². The molecule has 2 aromatic carbocycles. The number of hydrogen-bond acceptors (Lipinski definition) is 2. The monoisotopic (exact) mass is 329 g/mol. The highest BCUT2D eigenvalue weighted by atomic mass is 79.9. The zero-order valence-electron chi connectivity index (χ0n) is 9.25. The molecule has 0 heterocycles. The summed E-state index contributed by atoms with van der Waals surface area (Å²) < 4.78 is 13.8. The van der Waals surface area contributed by atoms with Gasteiger partial charge in [0, 0.05) is 21.6 Å². The van der Waals surface area contributed by atoms with Gasteiger partial charge in [-0.1, -0.05) is 17.7 Å². The van der Waals surface area contributed by atoms with Crippen molar-refractivity contribution in [3.8, 4) is 5.75 Å². The second kappa shape index (κ2) is 5.59. The summed E-state index contributed by atoms with van der Waals surface area (Å²) in [6.45, 7) is 0.313. The minimum Gasteiger partial charge on any atom is -0.508 e. The number of nitrogens with one attached hydrogen (secondary N) is 1. The summed E-state index contributed by atoms with van der Waals surface area (Å²) in [4.78, 5) is 0. The first kappa shape index (κ1) is 13.2. The highest BCUT2D eigenvalue weighted by Gasteiger charge is 2.07. The van der Waals surface area contributed by atoms with Gasteiger partial charge < -0.3 is 10.4 Å². The first-order chi connectivity index (χ1) is 8.58. The van der Waals surface area contributed by atoms with Gasteiger partial charge in [-0.25, -0.2) is 4.39 Å². The minimum atomic E-state index is -0.330. The largest absolute Gasteiger partial charge is 0.508 e. The van der Waals surface area contributed by atoms with E-state index in [0.717, 1.165) is 4.47 Å². The number of rotatable bonds is 3. The topological polar surface area (TPSA) is 32.3 Å². The molecule has 0 aliphatic rings. The molecule has 0 saturated carbocycles. The Morgan fingerprint density at radius 2 is 2.06 bits per heavy atom. The van der Waals surface area contributed by atoms with Crippen molar-refractivity contribution in [3.63, 3.8) is 0 Å². The molecule has 2 aromatic rings. The zero-order valence-corrected chi connectivity index (χ0v) is 11.6. The van der Waals surface area contributed by atoms with Crippen molar-refractivity contribution in [1.29, 1.82) is 0 Å². The average Bonchev–Trinajstić information content (AvgIpc) is 2.33. The van der Waals surface area contributed by atoms with Crippen LogP contribution < -0.4 is 5.32 Å². The summed E-state index contributed by atoms with van der Waals surface area (Å²) in [7, 11) is 0. The molecule has 2 rings (SSSR count). The fourth-order valence-corrected chi connectivity index (χ4v) is 2.16. The maximum Gasteiger partial charge on any atom is 0.125 e. The number of hydrogen-bond donors (Lipinski definition) is 2. The molecule has 94 valence electrons. The van der Waals surface area contributed by atoms with E-state index >= 15 is 0 Å². The van der Waals surface area contributed by atoms with E-state index < -0.39 is 0 Å². The van der Waals surface area contributed by atoms with Crippen molar-refractivity contribution in [1.82, 2.24) is 0 Å². The molecule has 5 heteroatoms. The molecule has 0 aromatic heterocycles. The van der Waals surface area contributed by atoms with Crippen LogP contribution in [-0.2, 0) is 6.54 Å². The van der Waals surface area contributed by atoms with E-state index in [2.05, 4.69) is 21.2 Å². The first-order valence-corrected chi connectivity index (χ1v) is 6.40. The van der Waals surface area contributed by atoms with Gasteiger partial charge in [0.2, 0.25) is 0 Å². The summed E-state index contributed by atoms with van der Waals surface area (Å²) in [6.07, 6.45) is 0. The number of phenolic OH excluding ortho intramolecular Hbond substituents is 1. The predicted octanol–water partition coefficient (Wildman–Crippen LogP) is 4.56. The van der Waals surface area contributed by atoms with Crippen molar-refractivity contribution >= 4 is 33.2 Å². The van der Waals surface area contributed by atoms with Gasteiger partial charge in [-0.2, -0.15) is 0 Å². The summed E-state index contributed by atoms with van der Waals surface area (Å²) in [6, 6.07) is 9.27. The minimum absolute atomic E-state index is 0.113. The van der Waals surface area contributed by atoms with E-state index in [1.807, 2.05) is 0 Å². The Bertz CT molecular complexity index is 557. The van der Waals surface area contributed by atoms with Crippen LogP contribution in [0.4, 0.5) is 10.1 Å². The van der Waals surface area contributed by atoms with Gasteiger partial charge in [-0.3, -0.25) is 0 Å². The Morgan fingerprint density at radius 3 is 2.78 bits per heavy atom. The molecule has 0 fully saturated rings. The third-order valence-electron chi connectivity index (χ3n) is 2.48. The van der Waals surface area contributed by atoms with Crippen molar-refractivity contribution in [2.75, 3.05) is 5.32 Å². The highest BCUT2D eigenvalue weighted by Crippen LogP contribution is 2.28. The number of aromatic hydroxyl groups is 1. The lowest BCUT2D eigenvalue weighted by atomic mass is 10.2. The summed E-state index contributed by atoms with van der Waals surface area (Å²) in [5.41, 5.74) is 1.18. The second-order valence-corrected chi connectivity index (χ2v) is 4.98. The molecule has 2 nitrogen and oxygen atoms in total. The van der Waals surface area contributed by atoms with Gasteiger partial charge in [0.25, 0.3) is 0 Å². The van der Waals surface area contributed by atoms with Crippen LogP contribution in [0, 0.1) is 5.82 Å². The van der Waals surface area contributed by atoms with Crippen LogP contribution in [0.2, 0.25) is 5.02 Å². The third-order valence-corrected chi connectivity index (χ3v) is 3.52. The lowest BCUT2D eigenvalue weighted by Gasteiger charge is -2.11. The SMILES string of the molecule is Oc1cccc(Cl)c1CNc1cc(F)ccc1Br. The molecule has 0 amide bonds. The standard InChI is InChI=1S/C13H10BrClFNO/c14-10-5-4-8(16)6-12(10)17-7-9-11(15)2-1-3-13(9)18/h1-6,17-18H,7H2. The number of phenols is 1. The van der Waals surface area contributed by atoms with Gasteiger partial charge in [-0.15, -0.1) is 0 Å². The van der Waals surface area contributed by atoms with E-state index in [4.69, 9.17) is 11.6 Å². The lowest BCUT2D eigenvalue weighted by molar-refractivity contribution is 0.469. The third kappa shape index (κ3) is 2.94. The van der Waals surface area contributed by atoms with Gasteiger partial charge in [-0.05, 0) is 46.3 Å². The van der Waals surface area contributed by atoms with Gasteiger partial charge >= 0.3 is 0 Å². The van der Waals surface area contributed by atoms with Crippen LogP contribution in [0.1, 0.15) is 5.56 Å². The Hall–Kier alpha value is -1.26. The molecule has 0 aliphatic heterocycles. The zero-order chi connectivity index (χ0) is 13.1. The smallest absolute Gasteiger partial charge is 0.125 e. The van der Waals surface area contributed by atoms with E-state index in [1.165, 1.54) is 12.1 Å². The van der Waals surface area contributed by atoms with Crippen molar-refractivity contribution in [3.05, 3.63) is 57.3 Å². The van der Waals surface area contributed by atoms with Crippen LogP contribution in [-0.4, -0.2) is 5.11 Å². The second-order valence-electron chi connectivity index (χ2n) is 3.72. The Labute approximate surface area is 118 Å². The van der Waals surface area contributed by atoms with Crippen molar-refractivity contribution in [2.45, 2.75) is 6.54 Å². The van der Waals surface area contributed by atoms with Gasteiger partial charge in [0.15, 0.2) is 0 Å². The summed E-state index contributed by atoms with van der Waals surface area (Å²) >= 11 is 9.30. The molecule has 2 N–H and O–H groups in total. The van der Waals surface area contributed by atoms with Gasteiger partial charge in [0.05, 0.1) is 5.69 Å². The fourth-order valence-electron chi connectivity index (χ4n) is 1.54. The van der Waals surface area contributed by atoms with Crippen LogP contribution in [0.3, 0.4) is 0 Å². The predicted molar refractivity (Wildman–Crippen MR) is 74.5 cm³/mol. The Balaban J connectivity index is 2.19. The van der Waals surface area contributed by atoms with E-state index in [9.17, 15) is 9.50 Å². The molecule has 0 saturated heterocycles. The highest BCUT2D eigenvalue weighted by molar-refractivity contribution is 9.10. The maximum absolute atomic E-state index is 13.1. The quantitative estimate of drug-likeness (QED) is 0.864. The normalized spacial score (nSPS) is 10.4. The molecular weight excluding hydrogens is 321 g/mol. The van der Waals surface area contributed by atoms with Crippen LogP contribution in [0.5, 0.6) is 5.75 Å². The van der Waals surface area contributed by atoms with E-state index in [0.29, 0.717) is 22.8 Å². The average molecular weight is 331 g/mol. The Morgan fingerprint density at radius 1 is 1.28 bits per heavy atom. The number of anilines is 1. The van der Waals surface area contributed by atoms with Gasteiger partial charge in [0.1, 0.15) is 11.6 Å². The molecule has 0 unspecified atom stereocenters. The maximum atomic E-state index is 13.1. The molecule has 0 aliphatic carbocycles. The summed E-state index contributed by atoms with van der Waals surface area (Å²) in [5.74, 6) is -0.216. The molecule has 18 heavy (non-hydrogen) atoms. The van der Waals surface area contributed by atoms with Crippen molar-refractivity contribution in [2.24, 2.45) is 0 Å². The molecule has 0 atom stereocenters. The number of benzene rings is 2. The fraction of sp³-hybridized carbons (Fsp3) is 0.0769. The van der Waals surface area contributed by atoms with Crippen molar-refractivity contribution < 1.29 is 9.50 Å². The van der Waals surface area contributed by atoms with E-state index in [1.54, 1.807) is 24.3 Å². The van der Waals surface area contributed by atoms with E-state index in [-0.39, 0.29) is 11.6 Å². The molecular formula is C13H10BrClFNO. The first-order valence-electron chi connectivity index (χ1n) is 5.23. The van der Waals surface area contributed by atoms with Crippen LogP contribution in [0.25, 0.3) is 0 Å². The molecule has 0 spiro atoms. The number of halogens is 3. The van der Waals surface area contributed by atoms with Crippen LogP contribution >= 0.6 is 27.5 Å². The lowest BCUT2D eigenvalue weighted by Crippen LogP contribution is -2.01. The Kier molecular flexibility index (Phi) is 4.09. The molecule has 0 bridgehead atoms. The summed E-state index contributed by atoms with van der Waals surface area (Å²) in [5, 5.41) is 13.2.